The molecule has 0 unspecified atom stereocenters. The number of imide groups is 1. The van der Waals surface area contributed by atoms with E-state index in [1.807, 2.05) is 18.2 Å². The molecule has 3 aliphatic carbocycles. The van der Waals surface area contributed by atoms with E-state index < -0.39 is 52.5 Å². The fraction of sp³-hybridized carbons (Fsp3) is 0.235. The number of allylic oxidation sites excluding steroid dienone is 4. The topological polar surface area (TPSA) is 101 Å². The largest absolute Gasteiger partial charge is 0.505 e. The van der Waals surface area contributed by atoms with Crippen LogP contribution in [0.15, 0.2) is 96.6 Å². The molecule has 1 aliphatic heterocycles. The second-order valence-corrected chi connectivity index (χ2v) is 11.3. The molecule has 0 radical (unpaired) electrons. The maximum atomic E-state index is 15.0. The van der Waals surface area contributed by atoms with Gasteiger partial charge < -0.3 is 5.11 Å². The Balaban J connectivity index is 1.55. The van der Waals surface area contributed by atoms with Crippen LogP contribution in [0.4, 0.5) is 4.39 Å². The van der Waals surface area contributed by atoms with Crippen LogP contribution in [-0.2, 0) is 24.6 Å². The molecular weight excluding hydrogens is 521 g/mol. The van der Waals surface area contributed by atoms with E-state index in [9.17, 15) is 28.7 Å². The molecule has 7 heteroatoms. The van der Waals surface area contributed by atoms with Gasteiger partial charge in [0.1, 0.15) is 0 Å². The van der Waals surface area contributed by atoms with Crippen LogP contribution >= 0.6 is 0 Å². The molecule has 2 fully saturated rings. The van der Waals surface area contributed by atoms with Gasteiger partial charge in [0.15, 0.2) is 23.1 Å². The molecule has 2 N–H and O–H groups in total. The maximum Gasteiger partial charge on any atom is 0.231 e. The maximum absolute atomic E-state index is 15.0. The van der Waals surface area contributed by atoms with Crippen molar-refractivity contribution >= 4 is 29.0 Å². The minimum Gasteiger partial charge on any atom is -0.505 e. The molecule has 204 valence electrons. The zero-order chi connectivity index (χ0) is 28.5. The highest BCUT2D eigenvalue weighted by atomic mass is 19.1. The van der Waals surface area contributed by atoms with Crippen LogP contribution in [0.25, 0.3) is 5.57 Å². The van der Waals surface area contributed by atoms with E-state index in [4.69, 9.17) is 0 Å². The molecule has 4 aliphatic rings. The summed E-state index contributed by atoms with van der Waals surface area (Å²) >= 11 is 0. The Morgan fingerprint density at radius 3 is 2.27 bits per heavy atom. The number of carbonyl (C=O) groups excluding carboxylic acids is 4. The highest BCUT2D eigenvalue weighted by molar-refractivity contribution is 6.31. The molecule has 3 aromatic carbocycles. The van der Waals surface area contributed by atoms with Gasteiger partial charge in [-0.05, 0) is 42.0 Å². The van der Waals surface area contributed by atoms with Crippen LogP contribution < -0.4 is 5.32 Å². The van der Waals surface area contributed by atoms with Gasteiger partial charge in [0.2, 0.25) is 11.8 Å². The van der Waals surface area contributed by atoms with Crippen molar-refractivity contribution in [2.45, 2.75) is 24.2 Å². The van der Waals surface area contributed by atoms with Crippen LogP contribution in [0.1, 0.15) is 35.4 Å². The molecule has 7 rings (SSSR count). The van der Waals surface area contributed by atoms with Crippen molar-refractivity contribution in [3.05, 3.63) is 119 Å². The van der Waals surface area contributed by atoms with Crippen LogP contribution in [0.5, 0.6) is 5.75 Å². The van der Waals surface area contributed by atoms with Crippen molar-refractivity contribution < 1.29 is 28.7 Å². The van der Waals surface area contributed by atoms with E-state index in [0.717, 1.165) is 6.07 Å². The van der Waals surface area contributed by atoms with Gasteiger partial charge in [-0.15, -0.1) is 0 Å². The number of hydrogen-bond acceptors (Lipinski definition) is 5. The minimum atomic E-state index is -1.50. The molecular formula is C34H26FNO5. The Morgan fingerprint density at radius 1 is 0.829 bits per heavy atom. The van der Waals surface area contributed by atoms with Crippen molar-refractivity contribution in [2.24, 2.45) is 23.7 Å². The monoisotopic (exact) mass is 547 g/mol. The molecule has 1 saturated heterocycles. The van der Waals surface area contributed by atoms with E-state index in [1.165, 1.54) is 12.1 Å². The molecule has 1 heterocycles. The summed E-state index contributed by atoms with van der Waals surface area (Å²) in [7, 11) is 0. The zero-order valence-electron chi connectivity index (χ0n) is 21.9. The summed E-state index contributed by atoms with van der Waals surface area (Å²) in [6, 6.07) is 22.1. The van der Waals surface area contributed by atoms with Crippen LogP contribution in [0.2, 0.25) is 0 Å². The summed E-state index contributed by atoms with van der Waals surface area (Å²) in [6.45, 7) is 0. The average molecular weight is 548 g/mol. The molecule has 6 nitrogen and oxygen atoms in total. The van der Waals surface area contributed by atoms with E-state index in [0.29, 0.717) is 16.7 Å². The first-order chi connectivity index (χ1) is 19.8. The van der Waals surface area contributed by atoms with Crippen molar-refractivity contribution in [1.29, 1.82) is 0 Å². The first kappa shape index (κ1) is 25.3. The van der Waals surface area contributed by atoms with Gasteiger partial charge in [0.05, 0.1) is 17.3 Å². The molecule has 1 saturated carbocycles. The lowest BCUT2D eigenvalue weighted by molar-refractivity contribution is -0.135. The van der Waals surface area contributed by atoms with Crippen molar-refractivity contribution in [1.82, 2.24) is 5.32 Å². The van der Waals surface area contributed by atoms with Crippen molar-refractivity contribution in [3.8, 4) is 5.75 Å². The number of hydrogen-bond donors (Lipinski definition) is 2. The summed E-state index contributed by atoms with van der Waals surface area (Å²) in [5.41, 5.74) is 0.811. The predicted octanol–water partition coefficient (Wildman–Crippen LogP) is 4.64. The number of Topliss-reactive ketones (excluding diaryl/α,β-unsaturated/α-hetero) is 1. The lowest BCUT2D eigenvalue weighted by Crippen LogP contribution is -2.58. The number of halogens is 1. The lowest BCUT2D eigenvalue weighted by Gasteiger charge is -2.55. The first-order valence-electron chi connectivity index (χ1n) is 13.8. The Hall–Kier alpha value is -4.65. The number of benzene rings is 3. The third-order valence-corrected chi connectivity index (χ3v) is 9.55. The Bertz CT molecular complexity index is 1690. The fourth-order valence-corrected chi connectivity index (χ4v) is 7.89. The second kappa shape index (κ2) is 9.20. The summed E-state index contributed by atoms with van der Waals surface area (Å²) in [5, 5.41) is 13.6. The molecule has 2 amide bonds. The Morgan fingerprint density at radius 2 is 1.54 bits per heavy atom. The number of carbonyl (C=O) groups is 4. The van der Waals surface area contributed by atoms with Gasteiger partial charge in [-0.25, -0.2) is 4.39 Å². The summed E-state index contributed by atoms with van der Waals surface area (Å²) in [5.74, 6) is -6.52. The standard InChI is InChI=1S/C34H26FNO5/c35-26-13-7-12-22(31(26)39)29-20-14-15-21-28(33(41)36-32(21)40)24(20)16-25-30(38)23(18-8-3-1-4-9-18)17-27(37)34(25,29)19-10-5-2-6-11-19/h1-14,17,21,24-25,28-29,39H,15-16H2,(H,36,40,41)/t21-,24+,25-,28-,29+,34-/m0/s1. The Kier molecular flexibility index (Phi) is 5.68. The smallest absolute Gasteiger partial charge is 0.231 e. The third kappa shape index (κ3) is 3.48. The van der Waals surface area contributed by atoms with Crippen LogP contribution in [0, 0.1) is 29.5 Å². The predicted molar refractivity (Wildman–Crippen MR) is 148 cm³/mol. The molecule has 41 heavy (non-hydrogen) atoms. The highest BCUT2D eigenvalue weighted by Crippen LogP contribution is 2.64. The molecule has 6 atom stereocenters. The zero-order valence-corrected chi connectivity index (χ0v) is 21.9. The third-order valence-electron chi connectivity index (χ3n) is 9.55. The molecule has 0 aromatic heterocycles. The number of para-hydroxylation sites is 1. The number of phenols is 1. The van der Waals surface area contributed by atoms with Gasteiger partial charge >= 0.3 is 0 Å². The number of aromatic hydroxyl groups is 1. The summed E-state index contributed by atoms with van der Waals surface area (Å²) in [4.78, 5) is 55.1. The normalized spacial score (nSPS) is 30.5. The van der Waals surface area contributed by atoms with Crippen LogP contribution in [-0.4, -0.2) is 28.5 Å². The van der Waals surface area contributed by atoms with E-state index in [1.54, 1.807) is 54.6 Å². The average Bonchev–Trinajstić information content (AvgIpc) is 3.29. The highest BCUT2D eigenvalue weighted by Gasteiger charge is 2.65. The van der Waals surface area contributed by atoms with E-state index in [2.05, 4.69) is 5.32 Å². The second-order valence-electron chi connectivity index (χ2n) is 11.3. The van der Waals surface area contributed by atoms with E-state index >= 15 is 0 Å². The minimum absolute atomic E-state index is 0.157. The molecule has 0 bridgehead atoms. The van der Waals surface area contributed by atoms with Crippen LogP contribution in [0.3, 0.4) is 0 Å². The van der Waals surface area contributed by atoms with Gasteiger partial charge in [0.25, 0.3) is 0 Å². The summed E-state index contributed by atoms with van der Waals surface area (Å²) in [6.07, 6.45) is 3.68. The quantitative estimate of drug-likeness (QED) is 0.368. The van der Waals surface area contributed by atoms with Gasteiger partial charge in [0, 0.05) is 23.0 Å². The number of phenolic OH excluding ortho intramolecular Hbond substituents is 1. The first-order valence-corrected chi connectivity index (χ1v) is 13.8. The number of rotatable bonds is 3. The van der Waals surface area contributed by atoms with E-state index in [-0.39, 0.29) is 41.5 Å². The van der Waals surface area contributed by atoms with Gasteiger partial charge in [-0.3, -0.25) is 24.5 Å². The number of ketones is 2. The van der Waals surface area contributed by atoms with Gasteiger partial charge in [-0.1, -0.05) is 84.4 Å². The van der Waals surface area contributed by atoms with Crippen molar-refractivity contribution in [3.63, 3.8) is 0 Å². The van der Waals surface area contributed by atoms with Crippen molar-refractivity contribution in [2.75, 3.05) is 0 Å². The summed E-state index contributed by atoms with van der Waals surface area (Å²) < 4.78 is 15.0. The molecule has 0 spiro atoms. The fourth-order valence-electron chi connectivity index (χ4n) is 7.89. The number of amides is 2. The number of fused-ring (bicyclic) bond motifs is 4. The van der Waals surface area contributed by atoms with Gasteiger partial charge in [-0.2, -0.15) is 0 Å². The lowest BCUT2D eigenvalue weighted by atomic mass is 9.44. The number of nitrogens with one attached hydrogen (secondary N) is 1. The Labute approximate surface area is 235 Å². The SMILES string of the molecule is O=C1NC(=O)[C@H]2CC=C3[C@@H](C[C@H]4C(=O)C(c5ccccc5)=CC(=O)[C@@]4(c4ccccc4)[C@H]3c3cccc(F)c3O)[C@@H]12. The molecule has 3 aromatic rings.